The molecule has 0 spiro atoms. The van der Waals surface area contributed by atoms with Crippen molar-refractivity contribution in [3.8, 4) is 5.75 Å². The van der Waals surface area contributed by atoms with Crippen molar-refractivity contribution in [2.24, 2.45) is 0 Å². The molecule has 128 valence electrons. The summed E-state index contributed by atoms with van der Waals surface area (Å²) < 4.78 is 6.13. The third-order valence-corrected chi connectivity index (χ3v) is 5.92. The summed E-state index contributed by atoms with van der Waals surface area (Å²) in [5.74, 6) is 1.10. The Bertz CT molecular complexity index is 803. The molecule has 1 aromatic heterocycles. The molecule has 0 saturated heterocycles. The molecule has 0 aliphatic carbocycles. The molecule has 3 heteroatoms. The third kappa shape index (κ3) is 3.35. The van der Waals surface area contributed by atoms with Gasteiger partial charge in [0.15, 0.2) is 0 Å². The lowest BCUT2D eigenvalue weighted by Gasteiger charge is -2.38. The Labute approximate surface area is 153 Å². The molecule has 1 N–H and O–H groups in total. The molecule has 4 rings (SSSR count). The van der Waals surface area contributed by atoms with E-state index in [0.717, 1.165) is 12.2 Å². The van der Waals surface area contributed by atoms with Gasteiger partial charge in [-0.05, 0) is 30.4 Å². The van der Waals surface area contributed by atoms with Gasteiger partial charge in [-0.25, -0.2) is 0 Å². The first-order valence-corrected chi connectivity index (χ1v) is 9.60. The normalized spacial score (nSPS) is 19.5. The number of aryl methyl sites for hydroxylation is 1. The van der Waals surface area contributed by atoms with Crippen LogP contribution < -0.4 is 10.1 Å². The third-order valence-electron chi connectivity index (χ3n) is 4.83. The van der Waals surface area contributed by atoms with Crippen molar-refractivity contribution in [2.75, 3.05) is 6.61 Å². The van der Waals surface area contributed by atoms with Gasteiger partial charge in [0.2, 0.25) is 0 Å². The second-order valence-electron chi connectivity index (χ2n) is 7.10. The smallest absolute Gasteiger partial charge is 0.136 e. The predicted molar refractivity (Wildman–Crippen MR) is 105 cm³/mol. The highest BCUT2D eigenvalue weighted by Crippen LogP contribution is 2.38. The lowest BCUT2D eigenvalue weighted by Crippen LogP contribution is -2.52. The van der Waals surface area contributed by atoms with Gasteiger partial charge in [-0.3, -0.25) is 5.32 Å². The van der Waals surface area contributed by atoms with Crippen LogP contribution in [-0.4, -0.2) is 12.1 Å². The Hall–Kier alpha value is -2.10. The van der Waals surface area contributed by atoms with Gasteiger partial charge in [0.25, 0.3) is 0 Å². The topological polar surface area (TPSA) is 21.3 Å². The van der Waals surface area contributed by atoms with Crippen LogP contribution in [0.15, 0.2) is 66.0 Å². The number of nitrogens with one attached hydrogen (secondary N) is 1. The van der Waals surface area contributed by atoms with Gasteiger partial charge < -0.3 is 4.74 Å². The largest absolute Gasteiger partial charge is 0.490 e. The van der Waals surface area contributed by atoms with Gasteiger partial charge in [0, 0.05) is 16.9 Å². The van der Waals surface area contributed by atoms with Crippen LogP contribution in [0.25, 0.3) is 0 Å². The average Bonchev–Trinajstić information content (AvgIpc) is 3.01. The van der Waals surface area contributed by atoms with Gasteiger partial charge in [0.1, 0.15) is 12.4 Å². The van der Waals surface area contributed by atoms with Crippen LogP contribution in [0.5, 0.6) is 5.75 Å². The van der Waals surface area contributed by atoms with Crippen molar-refractivity contribution in [2.45, 2.75) is 31.8 Å². The Balaban J connectivity index is 1.65. The molecule has 1 aliphatic heterocycles. The lowest BCUT2D eigenvalue weighted by molar-refractivity contribution is 0.163. The van der Waals surface area contributed by atoms with Gasteiger partial charge in [0.05, 0.1) is 11.6 Å². The highest BCUT2D eigenvalue weighted by atomic mass is 32.1. The van der Waals surface area contributed by atoms with Crippen LogP contribution in [-0.2, 0) is 6.42 Å². The van der Waals surface area contributed by atoms with Crippen molar-refractivity contribution in [3.63, 3.8) is 0 Å². The molecule has 0 saturated carbocycles. The summed E-state index contributed by atoms with van der Waals surface area (Å²) in [7, 11) is 0. The Morgan fingerprint density at radius 1 is 1.00 bits per heavy atom. The van der Waals surface area contributed by atoms with Crippen LogP contribution in [0, 0.1) is 6.92 Å². The maximum Gasteiger partial charge on any atom is 0.136 e. The minimum absolute atomic E-state index is 0.0966. The molecule has 2 heterocycles. The second kappa shape index (κ2) is 6.66. The second-order valence-corrected chi connectivity index (χ2v) is 8.06. The first-order valence-electron chi connectivity index (χ1n) is 8.72. The average molecular weight is 349 g/mol. The molecule has 0 amide bonds. The molecule has 1 unspecified atom stereocenters. The van der Waals surface area contributed by atoms with Gasteiger partial charge in [-0.2, -0.15) is 0 Å². The molecule has 2 aromatic carbocycles. The van der Waals surface area contributed by atoms with E-state index in [4.69, 9.17) is 4.74 Å². The fourth-order valence-electron chi connectivity index (χ4n) is 3.53. The van der Waals surface area contributed by atoms with Crippen molar-refractivity contribution < 1.29 is 4.74 Å². The zero-order valence-electron chi connectivity index (χ0n) is 14.7. The van der Waals surface area contributed by atoms with Crippen molar-refractivity contribution in [3.05, 3.63) is 87.6 Å². The molecule has 2 nitrogen and oxygen atoms in total. The molecule has 3 aromatic rings. The Morgan fingerprint density at radius 2 is 1.60 bits per heavy atom. The summed E-state index contributed by atoms with van der Waals surface area (Å²) in [5.41, 5.74) is 3.72. The zero-order chi connectivity index (χ0) is 17.3. The summed E-state index contributed by atoms with van der Waals surface area (Å²) >= 11 is 1.81. The molecular formula is C22H23NOS. The quantitative estimate of drug-likeness (QED) is 0.705. The summed E-state index contributed by atoms with van der Waals surface area (Å²) in [5, 5.41) is 6.09. The van der Waals surface area contributed by atoms with E-state index >= 15 is 0 Å². The summed E-state index contributed by atoms with van der Waals surface area (Å²) in [6, 6.07) is 21.5. The molecule has 1 atom stereocenters. The van der Waals surface area contributed by atoms with E-state index in [2.05, 4.69) is 85.2 Å². The van der Waals surface area contributed by atoms with Crippen LogP contribution >= 0.6 is 11.3 Å². The van der Waals surface area contributed by atoms with E-state index < -0.39 is 0 Å². The summed E-state index contributed by atoms with van der Waals surface area (Å²) in [6.07, 6.45) is 0.997. The maximum absolute atomic E-state index is 6.13. The van der Waals surface area contributed by atoms with Crippen molar-refractivity contribution >= 4 is 11.3 Å². The van der Waals surface area contributed by atoms with Crippen LogP contribution in [0.3, 0.4) is 0 Å². The number of rotatable bonds is 4. The van der Waals surface area contributed by atoms with E-state index in [-0.39, 0.29) is 11.6 Å². The molecule has 0 bridgehead atoms. The van der Waals surface area contributed by atoms with E-state index in [1.807, 2.05) is 11.3 Å². The standard InChI is InChI=1S/C22H23NOS/c1-16-14-25-19-13-22(2,15-24-21(16)19)23-20(17-9-5-3-6-10-17)18-11-7-4-8-12-18/h3-12,14,20,23H,13,15H2,1-2H3. The first kappa shape index (κ1) is 16.4. The Kier molecular flexibility index (Phi) is 4.36. The maximum atomic E-state index is 6.13. The molecular weight excluding hydrogens is 326 g/mol. The molecule has 25 heavy (non-hydrogen) atoms. The number of hydrogen-bond donors (Lipinski definition) is 1. The number of fused-ring (bicyclic) bond motifs is 1. The minimum Gasteiger partial charge on any atom is -0.490 e. The van der Waals surface area contributed by atoms with Gasteiger partial charge >= 0.3 is 0 Å². The highest BCUT2D eigenvalue weighted by molar-refractivity contribution is 7.10. The van der Waals surface area contributed by atoms with Crippen LogP contribution in [0.4, 0.5) is 0 Å². The van der Waals surface area contributed by atoms with Crippen LogP contribution in [0.1, 0.15) is 34.5 Å². The highest BCUT2D eigenvalue weighted by Gasteiger charge is 2.35. The van der Waals surface area contributed by atoms with Crippen molar-refractivity contribution in [1.29, 1.82) is 0 Å². The minimum atomic E-state index is -0.0966. The molecule has 1 aliphatic rings. The number of thiophene rings is 1. The number of ether oxygens (including phenoxy) is 1. The summed E-state index contributed by atoms with van der Waals surface area (Å²) in [4.78, 5) is 1.35. The number of benzene rings is 2. The monoisotopic (exact) mass is 349 g/mol. The summed E-state index contributed by atoms with van der Waals surface area (Å²) in [6.45, 7) is 5.08. The van der Waals surface area contributed by atoms with Crippen molar-refractivity contribution in [1.82, 2.24) is 5.32 Å². The van der Waals surface area contributed by atoms with E-state index in [9.17, 15) is 0 Å². The SMILES string of the molecule is Cc1csc2c1OCC(C)(NC(c1ccccc1)c1ccccc1)C2. The van der Waals surface area contributed by atoms with Crippen LogP contribution in [0.2, 0.25) is 0 Å². The Morgan fingerprint density at radius 3 is 2.20 bits per heavy atom. The van der Waals surface area contributed by atoms with Gasteiger partial charge in [-0.1, -0.05) is 60.7 Å². The fourth-order valence-corrected chi connectivity index (χ4v) is 4.69. The first-order chi connectivity index (χ1) is 12.1. The van der Waals surface area contributed by atoms with E-state index in [1.54, 1.807) is 0 Å². The zero-order valence-corrected chi connectivity index (χ0v) is 15.5. The molecule has 0 fully saturated rings. The van der Waals surface area contributed by atoms with E-state index in [1.165, 1.54) is 21.6 Å². The predicted octanol–water partition coefficient (Wildman–Crippen LogP) is 5.13. The number of hydrogen-bond acceptors (Lipinski definition) is 3. The van der Waals surface area contributed by atoms with E-state index in [0.29, 0.717) is 6.61 Å². The molecule has 0 radical (unpaired) electrons. The van der Waals surface area contributed by atoms with Gasteiger partial charge in [-0.15, -0.1) is 11.3 Å². The fraction of sp³-hybridized carbons (Fsp3) is 0.273. The lowest BCUT2D eigenvalue weighted by atomic mass is 9.90.